The first-order valence-electron chi connectivity index (χ1n) is 4.77. The lowest BCUT2D eigenvalue weighted by molar-refractivity contribution is 0.475. The number of aromatic hydroxyl groups is 1. The Hall–Kier alpha value is -2.57. The number of aromatic amines is 2. The highest BCUT2D eigenvalue weighted by Crippen LogP contribution is 2.09. The third-order valence-corrected chi connectivity index (χ3v) is 2.21. The fourth-order valence-corrected chi connectivity index (χ4v) is 1.38. The van der Waals surface area contributed by atoms with Gasteiger partial charge in [0.15, 0.2) is 0 Å². The van der Waals surface area contributed by atoms with Crippen LogP contribution in [0.25, 0.3) is 0 Å². The predicted octanol–water partition coefficient (Wildman–Crippen LogP) is -1.02. The highest BCUT2D eigenvalue weighted by molar-refractivity contribution is 5.25. The molecule has 7 heteroatoms. The summed E-state index contributed by atoms with van der Waals surface area (Å²) < 4.78 is 0.855. The van der Waals surface area contributed by atoms with Crippen molar-refractivity contribution in [3.63, 3.8) is 0 Å². The van der Waals surface area contributed by atoms with Gasteiger partial charge in [-0.1, -0.05) is 12.1 Å². The largest absolute Gasteiger partial charge is 0.508 e. The Bertz CT molecular complexity index is 659. The number of rotatable bonds is 2. The average Bonchev–Trinajstić information content (AvgIpc) is 2.26. The first-order chi connectivity index (χ1) is 8.06. The Balaban J connectivity index is 2.43. The van der Waals surface area contributed by atoms with Crippen LogP contribution in [0.15, 0.2) is 38.6 Å². The molecule has 0 amide bonds. The zero-order valence-corrected chi connectivity index (χ0v) is 8.64. The molecule has 0 bridgehead atoms. The van der Waals surface area contributed by atoms with Crippen molar-refractivity contribution in [1.82, 2.24) is 14.5 Å². The van der Waals surface area contributed by atoms with E-state index in [1.165, 1.54) is 12.1 Å². The number of hydrogen-bond acceptors (Lipinski definition) is 4. The maximum absolute atomic E-state index is 11.4. The van der Waals surface area contributed by atoms with Crippen molar-refractivity contribution >= 4 is 0 Å². The number of H-pyrrole nitrogens is 2. The molecular weight excluding hydrogens is 226 g/mol. The van der Waals surface area contributed by atoms with E-state index in [2.05, 4.69) is 0 Å². The van der Waals surface area contributed by atoms with Crippen molar-refractivity contribution in [1.29, 1.82) is 0 Å². The molecule has 0 saturated heterocycles. The van der Waals surface area contributed by atoms with Gasteiger partial charge < -0.3 is 5.11 Å². The number of aromatic nitrogens is 3. The van der Waals surface area contributed by atoms with E-state index < -0.39 is 17.1 Å². The Morgan fingerprint density at radius 2 is 1.53 bits per heavy atom. The molecule has 0 aliphatic rings. The van der Waals surface area contributed by atoms with E-state index >= 15 is 0 Å². The van der Waals surface area contributed by atoms with Crippen molar-refractivity contribution < 1.29 is 5.11 Å². The van der Waals surface area contributed by atoms with Crippen LogP contribution in [-0.4, -0.2) is 19.6 Å². The quantitative estimate of drug-likeness (QED) is 0.619. The fourth-order valence-electron chi connectivity index (χ4n) is 1.38. The SMILES string of the molecule is O=c1[nH]c(=O)n(Cc2ccc(O)cc2)c(=O)[nH]1. The van der Waals surface area contributed by atoms with Crippen molar-refractivity contribution in [3.8, 4) is 5.75 Å². The maximum Gasteiger partial charge on any atom is 0.333 e. The molecule has 88 valence electrons. The zero-order chi connectivity index (χ0) is 12.4. The highest BCUT2D eigenvalue weighted by Gasteiger charge is 2.03. The molecule has 2 aromatic rings. The van der Waals surface area contributed by atoms with Crippen LogP contribution in [0.2, 0.25) is 0 Å². The second-order valence-electron chi connectivity index (χ2n) is 3.44. The summed E-state index contributed by atoms with van der Waals surface area (Å²) >= 11 is 0. The average molecular weight is 235 g/mol. The first-order valence-corrected chi connectivity index (χ1v) is 4.77. The molecule has 0 atom stereocenters. The number of benzene rings is 1. The minimum Gasteiger partial charge on any atom is -0.508 e. The van der Waals surface area contributed by atoms with E-state index in [0.717, 1.165) is 4.57 Å². The van der Waals surface area contributed by atoms with E-state index in [-0.39, 0.29) is 12.3 Å². The Morgan fingerprint density at radius 3 is 2.06 bits per heavy atom. The maximum atomic E-state index is 11.4. The molecule has 0 radical (unpaired) electrons. The number of nitrogens with zero attached hydrogens (tertiary/aromatic N) is 1. The Morgan fingerprint density at radius 1 is 1.00 bits per heavy atom. The van der Waals surface area contributed by atoms with Crippen molar-refractivity contribution in [3.05, 3.63) is 61.3 Å². The molecule has 0 aliphatic heterocycles. The van der Waals surface area contributed by atoms with Crippen molar-refractivity contribution in [2.75, 3.05) is 0 Å². The van der Waals surface area contributed by atoms with Crippen LogP contribution in [0.4, 0.5) is 0 Å². The Kier molecular flexibility index (Phi) is 2.65. The molecule has 2 rings (SSSR count). The van der Waals surface area contributed by atoms with Crippen LogP contribution in [0, 0.1) is 0 Å². The standard InChI is InChI=1S/C10H9N3O4/c14-7-3-1-6(2-4-7)5-13-9(16)11-8(15)12-10(13)17/h1-4,14H,5H2,(H2,11,12,15,16,17). The molecule has 1 heterocycles. The predicted molar refractivity (Wildman–Crippen MR) is 59.2 cm³/mol. The zero-order valence-electron chi connectivity index (χ0n) is 8.64. The summed E-state index contributed by atoms with van der Waals surface area (Å²) in [4.78, 5) is 37.5. The minimum absolute atomic E-state index is 0.0191. The van der Waals surface area contributed by atoms with Gasteiger partial charge in [0, 0.05) is 0 Å². The van der Waals surface area contributed by atoms with E-state index in [1.54, 1.807) is 12.1 Å². The van der Waals surface area contributed by atoms with E-state index in [9.17, 15) is 14.4 Å². The van der Waals surface area contributed by atoms with Gasteiger partial charge >= 0.3 is 17.1 Å². The smallest absolute Gasteiger partial charge is 0.333 e. The summed E-state index contributed by atoms with van der Waals surface area (Å²) in [7, 11) is 0. The summed E-state index contributed by atoms with van der Waals surface area (Å²) in [5, 5.41) is 9.08. The van der Waals surface area contributed by atoms with Gasteiger partial charge in [-0.3, -0.25) is 9.97 Å². The monoisotopic (exact) mass is 235 g/mol. The number of phenolic OH excluding ortho intramolecular Hbond substituents is 1. The van der Waals surface area contributed by atoms with E-state index in [4.69, 9.17) is 5.11 Å². The molecule has 0 fully saturated rings. The number of phenols is 1. The van der Waals surface area contributed by atoms with E-state index in [1.807, 2.05) is 9.97 Å². The van der Waals surface area contributed by atoms with Crippen LogP contribution in [-0.2, 0) is 6.54 Å². The number of nitrogens with one attached hydrogen (secondary N) is 2. The van der Waals surface area contributed by atoms with Gasteiger partial charge in [-0.15, -0.1) is 0 Å². The van der Waals surface area contributed by atoms with Gasteiger partial charge in [0.25, 0.3) is 0 Å². The second kappa shape index (κ2) is 4.12. The van der Waals surface area contributed by atoms with Crippen LogP contribution in [0.3, 0.4) is 0 Å². The summed E-state index contributed by atoms with van der Waals surface area (Å²) in [6, 6.07) is 6.04. The van der Waals surface area contributed by atoms with Crippen LogP contribution < -0.4 is 17.1 Å². The summed E-state index contributed by atoms with van der Waals surface area (Å²) in [5.74, 6) is 0.0940. The lowest BCUT2D eigenvalue weighted by atomic mass is 10.2. The van der Waals surface area contributed by atoms with Crippen molar-refractivity contribution in [2.45, 2.75) is 6.54 Å². The van der Waals surface area contributed by atoms with E-state index in [0.29, 0.717) is 5.56 Å². The normalized spacial score (nSPS) is 10.4. The molecule has 1 aromatic carbocycles. The molecule has 0 spiro atoms. The Labute approximate surface area is 94.0 Å². The minimum atomic E-state index is -0.832. The lowest BCUT2D eigenvalue weighted by Gasteiger charge is -2.03. The number of hydrogen-bond donors (Lipinski definition) is 3. The van der Waals surface area contributed by atoms with Gasteiger partial charge in [-0.2, -0.15) is 0 Å². The van der Waals surface area contributed by atoms with Crippen LogP contribution >= 0.6 is 0 Å². The third kappa shape index (κ3) is 2.33. The topological polar surface area (TPSA) is 108 Å². The molecule has 3 N–H and O–H groups in total. The summed E-state index contributed by atoms with van der Waals surface area (Å²) in [5.41, 5.74) is -1.72. The fraction of sp³-hybridized carbons (Fsp3) is 0.100. The molecule has 0 unspecified atom stereocenters. The van der Waals surface area contributed by atoms with Crippen LogP contribution in [0.1, 0.15) is 5.56 Å². The molecular formula is C10H9N3O4. The first kappa shape index (κ1) is 10.9. The van der Waals surface area contributed by atoms with Gasteiger partial charge in [-0.25, -0.2) is 19.0 Å². The van der Waals surface area contributed by atoms with Crippen LogP contribution in [0.5, 0.6) is 5.75 Å². The van der Waals surface area contributed by atoms with Crippen molar-refractivity contribution in [2.24, 2.45) is 0 Å². The van der Waals surface area contributed by atoms with Gasteiger partial charge in [0.1, 0.15) is 5.75 Å². The molecule has 0 saturated carbocycles. The lowest BCUT2D eigenvalue weighted by Crippen LogP contribution is -2.43. The molecule has 7 nitrogen and oxygen atoms in total. The second-order valence-corrected chi connectivity index (χ2v) is 3.44. The summed E-state index contributed by atoms with van der Waals surface area (Å²) in [6.45, 7) is 0.0191. The third-order valence-electron chi connectivity index (χ3n) is 2.21. The molecule has 0 aliphatic carbocycles. The summed E-state index contributed by atoms with van der Waals surface area (Å²) in [6.07, 6.45) is 0. The van der Waals surface area contributed by atoms with Gasteiger partial charge in [0.2, 0.25) is 0 Å². The highest BCUT2D eigenvalue weighted by atomic mass is 16.3. The van der Waals surface area contributed by atoms with Gasteiger partial charge in [-0.05, 0) is 17.7 Å². The molecule has 1 aromatic heterocycles. The van der Waals surface area contributed by atoms with Gasteiger partial charge in [0.05, 0.1) is 6.54 Å². The molecule has 17 heavy (non-hydrogen) atoms.